The molecule has 0 aliphatic heterocycles. The van der Waals surface area contributed by atoms with Gasteiger partial charge in [-0.2, -0.15) is 0 Å². The Hall–Kier alpha value is -2.40. The van der Waals surface area contributed by atoms with Gasteiger partial charge in [0.25, 0.3) is 0 Å². The lowest BCUT2D eigenvalue weighted by atomic mass is 10.1. The lowest BCUT2D eigenvalue weighted by Crippen LogP contribution is -2.01. The molecule has 0 saturated carbocycles. The van der Waals surface area contributed by atoms with E-state index in [9.17, 15) is 0 Å². The number of aromatic nitrogens is 4. The van der Waals surface area contributed by atoms with Crippen molar-refractivity contribution in [2.24, 2.45) is 0 Å². The number of imidazole rings is 1. The van der Waals surface area contributed by atoms with Gasteiger partial charge in [0.1, 0.15) is 16.7 Å². The number of hydrogen-bond donors (Lipinski definition) is 0. The maximum absolute atomic E-state index is 6.00. The van der Waals surface area contributed by atoms with Gasteiger partial charge >= 0.3 is 0 Å². The Labute approximate surface area is 140 Å². The highest BCUT2D eigenvalue weighted by atomic mass is 35.5. The van der Waals surface area contributed by atoms with E-state index in [1.54, 1.807) is 19.5 Å². The molecule has 0 atom stereocenters. The van der Waals surface area contributed by atoms with E-state index >= 15 is 0 Å². The van der Waals surface area contributed by atoms with Crippen LogP contribution in [0.15, 0.2) is 36.8 Å². The van der Waals surface area contributed by atoms with Crippen molar-refractivity contribution in [3.8, 4) is 11.4 Å². The van der Waals surface area contributed by atoms with Crippen LogP contribution in [0.4, 0.5) is 0 Å². The minimum absolute atomic E-state index is 0.463. The van der Waals surface area contributed by atoms with Gasteiger partial charge in [-0.05, 0) is 37.6 Å². The molecule has 0 aliphatic carbocycles. The largest absolute Gasteiger partial charge is 0.495 e. The molecule has 5 nitrogen and oxygen atoms in total. The predicted molar refractivity (Wildman–Crippen MR) is 89.4 cm³/mol. The standard InChI is InChI=1S/C17H17ClN4O/c1-11-6-16(18)21-17(20-11)8-13-4-5-14(15(7-13)23-3)22-9-12(2)19-10-22/h4-7,9-10H,8H2,1-3H3. The third-order valence-electron chi connectivity index (χ3n) is 3.47. The zero-order chi connectivity index (χ0) is 16.4. The van der Waals surface area contributed by atoms with Crippen LogP contribution in [-0.2, 0) is 6.42 Å². The van der Waals surface area contributed by atoms with Gasteiger partial charge in [0.05, 0.1) is 24.8 Å². The topological polar surface area (TPSA) is 52.8 Å². The van der Waals surface area contributed by atoms with Crippen LogP contribution in [-0.4, -0.2) is 26.6 Å². The molecule has 0 N–H and O–H groups in total. The van der Waals surface area contributed by atoms with Gasteiger partial charge in [-0.3, -0.25) is 0 Å². The Bertz CT molecular complexity index is 824. The number of aryl methyl sites for hydroxylation is 2. The van der Waals surface area contributed by atoms with E-state index in [-0.39, 0.29) is 0 Å². The van der Waals surface area contributed by atoms with Crippen molar-refractivity contribution >= 4 is 11.6 Å². The van der Waals surface area contributed by atoms with Gasteiger partial charge in [-0.1, -0.05) is 17.7 Å². The minimum atomic E-state index is 0.463. The second kappa shape index (κ2) is 6.38. The van der Waals surface area contributed by atoms with Crippen molar-refractivity contribution in [3.05, 3.63) is 64.7 Å². The summed E-state index contributed by atoms with van der Waals surface area (Å²) in [5.41, 5.74) is 3.82. The molecule has 2 aromatic heterocycles. The number of methoxy groups -OCH3 is 1. The zero-order valence-electron chi connectivity index (χ0n) is 13.2. The maximum atomic E-state index is 6.00. The van der Waals surface area contributed by atoms with Crippen LogP contribution in [0, 0.1) is 13.8 Å². The quantitative estimate of drug-likeness (QED) is 0.687. The van der Waals surface area contributed by atoms with Crippen molar-refractivity contribution in [2.75, 3.05) is 7.11 Å². The van der Waals surface area contributed by atoms with E-state index in [1.807, 2.05) is 42.8 Å². The van der Waals surface area contributed by atoms with Crippen molar-refractivity contribution in [2.45, 2.75) is 20.3 Å². The number of rotatable bonds is 4. The molecule has 0 fully saturated rings. The number of hydrogen-bond acceptors (Lipinski definition) is 4. The van der Waals surface area contributed by atoms with Crippen LogP contribution in [0.5, 0.6) is 5.75 Å². The van der Waals surface area contributed by atoms with Gasteiger partial charge in [0.2, 0.25) is 0 Å². The minimum Gasteiger partial charge on any atom is -0.495 e. The summed E-state index contributed by atoms with van der Waals surface area (Å²) in [7, 11) is 1.66. The number of benzene rings is 1. The third kappa shape index (κ3) is 3.51. The van der Waals surface area contributed by atoms with Crippen LogP contribution >= 0.6 is 11.6 Å². The first kappa shape index (κ1) is 15.5. The van der Waals surface area contributed by atoms with Crippen LogP contribution in [0.2, 0.25) is 5.15 Å². The lowest BCUT2D eigenvalue weighted by molar-refractivity contribution is 0.412. The molecule has 0 amide bonds. The third-order valence-corrected chi connectivity index (χ3v) is 3.66. The van der Waals surface area contributed by atoms with Crippen molar-refractivity contribution in [1.82, 2.24) is 19.5 Å². The molecule has 0 aliphatic rings. The first-order valence-electron chi connectivity index (χ1n) is 7.23. The molecule has 0 saturated heterocycles. The first-order chi connectivity index (χ1) is 11.0. The fourth-order valence-electron chi connectivity index (χ4n) is 2.45. The van der Waals surface area contributed by atoms with Gasteiger partial charge in [-0.15, -0.1) is 0 Å². The van der Waals surface area contributed by atoms with Crippen LogP contribution < -0.4 is 4.74 Å². The molecule has 0 radical (unpaired) electrons. The molecule has 23 heavy (non-hydrogen) atoms. The average Bonchev–Trinajstić information content (AvgIpc) is 2.92. The molecule has 1 aromatic carbocycles. The highest BCUT2D eigenvalue weighted by molar-refractivity contribution is 6.29. The second-order valence-electron chi connectivity index (χ2n) is 5.35. The Morgan fingerprint density at radius 1 is 1.13 bits per heavy atom. The van der Waals surface area contributed by atoms with Gasteiger partial charge in [0, 0.05) is 18.3 Å². The van der Waals surface area contributed by atoms with E-state index < -0.39 is 0 Å². The fraction of sp³-hybridized carbons (Fsp3) is 0.235. The van der Waals surface area contributed by atoms with Crippen LogP contribution in [0.3, 0.4) is 0 Å². The first-order valence-corrected chi connectivity index (χ1v) is 7.61. The second-order valence-corrected chi connectivity index (χ2v) is 5.74. The summed E-state index contributed by atoms with van der Waals surface area (Å²) in [6.45, 7) is 3.86. The monoisotopic (exact) mass is 328 g/mol. The Balaban J connectivity index is 1.92. The summed E-state index contributed by atoms with van der Waals surface area (Å²) in [6.07, 6.45) is 4.33. The molecular formula is C17H17ClN4O. The van der Waals surface area contributed by atoms with E-state index in [0.717, 1.165) is 28.4 Å². The normalized spacial score (nSPS) is 10.8. The van der Waals surface area contributed by atoms with Gasteiger partial charge in [-0.25, -0.2) is 15.0 Å². The van der Waals surface area contributed by atoms with E-state index in [2.05, 4.69) is 15.0 Å². The highest BCUT2D eigenvalue weighted by Crippen LogP contribution is 2.25. The average molecular weight is 329 g/mol. The van der Waals surface area contributed by atoms with Crippen LogP contribution in [0.25, 0.3) is 5.69 Å². The molecule has 0 spiro atoms. The maximum Gasteiger partial charge on any atom is 0.143 e. The van der Waals surface area contributed by atoms with E-state index in [0.29, 0.717) is 17.4 Å². The molecular weight excluding hydrogens is 312 g/mol. The summed E-state index contributed by atoms with van der Waals surface area (Å²) in [5, 5.41) is 0.463. The molecule has 0 bridgehead atoms. The SMILES string of the molecule is COc1cc(Cc2nc(C)cc(Cl)n2)ccc1-n1cnc(C)c1. The molecule has 118 valence electrons. The highest BCUT2D eigenvalue weighted by Gasteiger charge is 2.09. The number of ether oxygens (including phenoxy) is 1. The Morgan fingerprint density at radius 3 is 2.61 bits per heavy atom. The number of nitrogens with zero attached hydrogens (tertiary/aromatic N) is 4. The smallest absolute Gasteiger partial charge is 0.143 e. The predicted octanol–water partition coefficient (Wildman–Crippen LogP) is 3.53. The van der Waals surface area contributed by atoms with E-state index in [4.69, 9.17) is 16.3 Å². The van der Waals surface area contributed by atoms with Gasteiger partial charge in [0.15, 0.2) is 0 Å². The summed E-state index contributed by atoms with van der Waals surface area (Å²) in [5.74, 6) is 1.47. The fourth-order valence-corrected chi connectivity index (χ4v) is 2.70. The number of halogens is 1. The summed E-state index contributed by atoms with van der Waals surface area (Å²) in [4.78, 5) is 12.9. The Morgan fingerprint density at radius 2 is 1.96 bits per heavy atom. The molecule has 3 rings (SSSR count). The van der Waals surface area contributed by atoms with Crippen molar-refractivity contribution in [1.29, 1.82) is 0 Å². The Kier molecular flexibility index (Phi) is 4.30. The van der Waals surface area contributed by atoms with Crippen molar-refractivity contribution < 1.29 is 4.74 Å². The lowest BCUT2D eigenvalue weighted by Gasteiger charge is -2.11. The zero-order valence-corrected chi connectivity index (χ0v) is 14.0. The molecule has 6 heteroatoms. The summed E-state index contributed by atoms with van der Waals surface area (Å²) in [6, 6.07) is 7.78. The van der Waals surface area contributed by atoms with Crippen molar-refractivity contribution in [3.63, 3.8) is 0 Å². The van der Waals surface area contributed by atoms with Crippen LogP contribution in [0.1, 0.15) is 22.8 Å². The summed E-state index contributed by atoms with van der Waals surface area (Å²) >= 11 is 6.00. The molecule has 3 aromatic rings. The molecule has 2 heterocycles. The van der Waals surface area contributed by atoms with E-state index in [1.165, 1.54) is 0 Å². The molecule has 0 unspecified atom stereocenters. The van der Waals surface area contributed by atoms with Gasteiger partial charge < -0.3 is 9.30 Å². The summed E-state index contributed by atoms with van der Waals surface area (Å²) < 4.78 is 7.46.